The Morgan fingerprint density at radius 1 is 1.00 bits per heavy atom. The molecule has 5 heteroatoms. The van der Waals surface area contributed by atoms with Crippen molar-refractivity contribution < 1.29 is 4.74 Å². The van der Waals surface area contributed by atoms with E-state index in [-0.39, 0.29) is 6.04 Å². The van der Waals surface area contributed by atoms with Crippen molar-refractivity contribution in [2.24, 2.45) is 0 Å². The summed E-state index contributed by atoms with van der Waals surface area (Å²) in [7, 11) is 1.68. The first kappa shape index (κ1) is 17.7. The molecule has 0 fully saturated rings. The van der Waals surface area contributed by atoms with Gasteiger partial charge in [0.25, 0.3) is 0 Å². The molecule has 5 nitrogen and oxygen atoms in total. The SMILES string of the molecule is COc1ccccc1CNc1cc(C)nc(NC(C)c2ccccc2)n1. The van der Waals surface area contributed by atoms with Gasteiger partial charge in [0.05, 0.1) is 13.2 Å². The summed E-state index contributed by atoms with van der Waals surface area (Å²) < 4.78 is 5.40. The second kappa shape index (κ2) is 8.34. The molecule has 0 amide bonds. The first-order valence-corrected chi connectivity index (χ1v) is 8.68. The molecule has 134 valence electrons. The summed E-state index contributed by atoms with van der Waals surface area (Å²) in [6.07, 6.45) is 0. The number of nitrogens with one attached hydrogen (secondary N) is 2. The zero-order chi connectivity index (χ0) is 18.4. The highest BCUT2D eigenvalue weighted by Gasteiger charge is 2.09. The van der Waals surface area contributed by atoms with E-state index in [2.05, 4.69) is 39.7 Å². The lowest BCUT2D eigenvalue weighted by Gasteiger charge is -2.16. The molecule has 3 rings (SSSR count). The summed E-state index contributed by atoms with van der Waals surface area (Å²) in [6.45, 7) is 4.70. The van der Waals surface area contributed by atoms with Gasteiger partial charge in [0.1, 0.15) is 11.6 Å². The first-order valence-electron chi connectivity index (χ1n) is 8.68. The fourth-order valence-electron chi connectivity index (χ4n) is 2.78. The van der Waals surface area contributed by atoms with Gasteiger partial charge < -0.3 is 15.4 Å². The van der Waals surface area contributed by atoms with Crippen LogP contribution in [0.3, 0.4) is 0 Å². The normalized spacial score (nSPS) is 11.7. The van der Waals surface area contributed by atoms with Crippen LogP contribution in [0.1, 0.15) is 29.8 Å². The highest BCUT2D eigenvalue weighted by molar-refractivity contribution is 5.45. The number of aryl methyl sites for hydroxylation is 1. The van der Waals surface area contributed by atoms with Gasteiger partial charge in [-0.1, -0.05) is 48.5 Å². The summed E-state index contributed by atoms with van der Waals surface area (Å²) in [5.74, 6) is 2.26. The molecule has 1 heterocycles. The minimum atomic E-state index is 0.125. The van der Waals surface area contributed by atoms with Crippen LogP contribution in [0.15, 0.2) is 60.7 Å². The molecule has 2 N–H and O–H groups in total. The van der Waals surface area contributed by atoms with Gasteiger partial charge >= 0.3 is 0 Å². The van der Waals surface area contributed by atoms with Crippen LogP contribution < -0.4 is 15.4 Å². The van der Waals surface area contributed by atoms with E-state index in [0.717, 1.165) is 22.8 Å². The molecule has 0 spiro atoms. The number of ether oxygens (including phenoxy) is 1. The van der Waals surface area contributed by atoms with E-state index in [9.17, 15) is 0 Å². The van der Waals surface area contributed by atoms with E-state index in [1.807, 2.05) is 55.5 Å². The highest BCUT2D eigenvalue weighted by Crippen LogP contribution is 2.21. The van der Waals surface area contributed by atoms with Gasteiger partial charge in [0.2, 0.25) is 5.95 Å². The molecule has 0 saturated heterocycles. The molecule has 0 aliphatic rings. The van der Waals surface area contributed by atoms with E-state index in [0.29, 0.717) is 12.5 Å². The molecule has 0 bridgehead atoms. The minimum absolute atomic E-state index is 0.125. The summed E-state index contributed by atoms with van der Waals surface area (Å²) >= 11 is 0. The number of nitrogens with zero attached hydrogens (tertiary/aromatic N) is 2. The summed E-state index contributed by atoms with van der Waals surface area (Å²) in [5, 5.41) is 6.73. The third-order valence-electron chi connectivity index (χ3n) is 4.15. The molecule has 2 aromatic carbocycles. The Balaban J connectivity index is 1.71. The zero-order valence-electron chi connectivity index (χ0n) is 15.4. The van der Waals surface area contributed by atoms with Crippen molar-refractivity contribution in [3.05, 3.63) is 77.5 Å². The molecule has 0 aliphatic heterocycles. The van der Waals surface area contributed by atoms with Gasteiger partial charge in [0.15, 0.2) is 0 Å². The van der Waals surface area contributed by atoms with E-state index < -0.39 is 0 Å². The van der Waals surface area contributed by atoms with Crippen molar-refractivity contribution in [2.45, 2.75) is 26.4 Å². The molecular weight excluding hydrogens is 324 g/mol. The summed E-state index contributed by atoms with van der Waals surface area (Å²) in [5.41, 5.74) is 3.19. The Hall–Kier alpha value is -3.08. The maximum Gasteiger partial charge on any atom is 0.225 e. The van der Waals surface area contributed by atoms with Gasteiger partial charge in [-0.2, -0.15) is 4.98 Å². The predicted octanol–water partition coefficient (Wildman–Crippen LogP) is 4.58. The predicted molar refractivity (Wildman–Crippen MR) is 106 cm³/mol. The van der Waals surface area contributed by atoms with E-state index >= 15 is 0 Å². The average molecular weight is 348 g/mol. The Kier molecular flexibility index (Phi) is 5.69. The molecular formula is C21H24N4O. The van der Waals surface area contributed by atoms with E-state index in [1.165, 1.54) is 5.56 Å². The number of methoxy groups -OCH3 is 1. The van der Waals surface area contributed by atoms with Crippen LogP contribution in [0.2, 0.25) is 0 Å². The number of para-hydroxylation sites is 1. The van der Waals surface area contributed by atoms with Crippen molar-refractivity contribution >= 4 is 11.8 Å². The van der Waals surface area contributed by atoms with Crippen LogP contribution in [0.25, 0.3) is 0 Å². The maximum atomic E-state index is 5.40. The van der Waals surface area contributed by atoms with E-state index in [1.54, 1.807) is 7.11 Å². The molecule has 26 heavy (non-hydrogen) atoms. The number of benzene rings is 2. The summed E-state index contributed by atoms with van der Waals surface area (Å²) in [4.78, 5) is 9.10. The van der Waals surface area contributed by atoms with Gasteiger partial charge in [-0.15, -0.1) is 0 Å². The molecule has 3 aromatic rings. The molecule has 0 aliphatic carbocycles. The standard InChI is InChI=1S/C21H24N4O/c1-15-13-20(22-14-18-11-7-8-12-19(18)26-3)25-21(23-15)24-16(2)17-9-5-4-6-10-17/h4-13,16H,14H2,1-3H3,(H2,22,23,24,25). The van der Waals surface area contributed by atoms with Crippen molar-refractivity contribution in [1.29, 1.82) is 0 Å². The van der Waals surface area contributed by atoms with Crippen LogP contribution in [0.4, 0.5) is 11.8 Å². The third kappa shape index (κ3) is 4.51. The third-order valence-corrected chi connectivity index (χ3v) is 4.15. The fourth-order valence-corrected chi connectivity index (χ4v) is 2.78. The Labute approximate surface area is 154 Å². The average Bonchev–Trinajstić information content (AvgIpc) is 2.67. The van der Waals surface area contributed by atoms with Gasteiger partial charge in [-0.3, -0.25) is 0 Å². The molecule has 0 saturated carbocycles. The number of hydrogen-bond donors (Lipinski definition) is 2. The number of hydrogen-bond acceptors (Lipinski definition) is 5. The van der Waals surface area contributed by atoms with Gasteiger partial charge in [-0.05, 0) is 25.5 Å². The Bertz CT molecular complexity index is 852. The summed E-state index contributed by atoms with van der Waals surface area (Å²) in [6, 6.07) is 20.3. The number of rotatable bonds is 7. The van der Waals surface area contributed by atoms with Gasteiger partial charge in [-0.25, -0.2) is 4.98 Å². The quantitative estimate of drug-likeness (QED) is 0.654. The minimum Gasteiger partial charge on any atom is -0.496 e. The van der Waals surface area contributed by atoms with Crippen LogP contribution in [-0.2, 0) is 6.54 Å². The molecule has 1 aromatic heterocycles. The van der Waals surface area contributed by atoms with Crippen molar-refractivity contribution in [2.75, 3.05) is 17.7 Å². The van der Waals surface area contributed by atoms with Crippen molar-refractivity contribution in [1.82, 2.24) is 9.97 Å². The lowest BCUT2D eigenvalue weighted by Crippen LogP contribution is -2.11. The molecule has 1 atom stereocenters. The smallest absolute Gasteiger partial charge is 0.225 e. The highest BCUT2D eigenvalue weighted by atomic mass is 16.5. The van der Waals surface area contributed by atoms with Crippen molar-refractivity contribution in [3.63, 3.8) is 0 Å². The lowest BCUT2D eigenvalue weighted by atomic mass is 10.1. The topological polar surface area (TPSA) is 59.1 Å². The monoisotopic (exact) mass is 348 g/mol. The molecule has 0 radical (unpaired) electrons. The number of anilines is 2. The molecule has 1 unspecified atom stereocenters. The fraction of sp³-hybridized carbons (Fsp3) is 0.238. The van der Waals surface area contributed by atoms with Crippen LogP contribution >= 0.6 is 0 Å². The van der Waals surface area contributed by atoms with Crippen LogP contribution in [-0.4, -0.2) is 17.1 Å². The zero-order valence-corrected chi connectivity index (χ0v) is 15.4. The Morgan fingerprint density at radius 3 is 2.50 bits per heavy atom. The van der Waals surface area contributed by atoms with E-state index in [4.69, 9.17) is 4.74 Å². The largest absolute Gasteiger partial charge is 0.496 e. The maximum absolute atomic E-state index is 5.40. The van der Waals surface area contributed by atoms with Gasteiger partial charge in [0, 0.05) is 23.9 Å². The van der Waals surface area contributed by atoms with Crippen LogP contribution in [0, 0.1) is 6.92 Å². The first-order chi connectivity index (χ1) is 12.7. The lowest BCUT2D eigenvalue weighted by molar-refractivity contribution is 0.410. The number of aromatic nitrogens is 2. The second-order valence-corrected chi connectivity index (χ2v) is 6.16. The Morgan fingerprint density at radius 2 is 1.73 bits per heavy atom. The van der Waals surface area contributed by atoms with Crippen LogP contribution in [0.5, 0.6) is 5.75 Å². The van der Waals surface area contributed by atoms with Crippen molar-refractivity contribution in [3.8, 4) is 5.75 Å². The second-order valence-electron chi connectivity index (χ2n) is 6.16.